The fraction of sp³-hybridized carbons (Fsp3) is 0.385. The standard InChI is InChI=1S/C26H32N6O2/c1-3-8-24(25-28-29-30-32(25)17-20-9-5-4-6-10-20)31(13-7-14-33)18-22-16-21-15-19(2)11-12-23(21)27-26(22)34/h4-6,9-12,15-16,24,33H,3,7-8,13-14,17-18H2,1-2H3,(H,27,34)/t24-/m1/s1. The van der Waals surface area contributed by atoms with Crippen LogP contribution in [0.3, 0.4) is 0 Å². The van der Waals surface area contributed by atoms with Gasteiger partial charge in [-0.15, -0.1) is 5.10 Å². The van der Waals surface area contributed by atoms with Crippen LogP contribution in [-0.2, 0) is 13.1 Å². The molecule has 178 valence electrons. The summed E-state index contributed by atoms with van der Waals surface area (Å²) in [6.45, 7) is 5.91. The molecule has 8 nitrogen and oxygen atoms in total. The zero-order chi connectivity index (χ0) is 23.9. The molecule has 0 bridgehead atoms. The van der Waals surface area contributed by atoms with Gasteiger partial charge in [0, 0.05) is 30.8 Å². The Balaban J connectivity index is 1.68. The molecular formula is C26H32N6O2. The maximum atomic E-state index is 12.9. The SMILES string of the molecule is CCC[C@H](c1nnnn1Cc1ccccc1)N(CCCO)Cc1cc2cc(C)ccc2[nH]c1=O. The number of fused-ring (bicyclic) bond motifs is 1. The summed E-state index contributed by atoms with van der Waals surface area (Å²) in [4.78, 5) is 18.2. The molecule has 4 aromatic rings. The van der Waals surface area contributed by atoms with E-state index in [4.69, 9.17) is 0 Å². The van der Waals surface area contributed by atoms with Crippen molar-refractivity contribution < 1.29 is 5.11 Å². The van der Waals surface area contributed by atoms with Crippen LogP contribution < -0.4 is 5.56 Å². The van der Waals surface area contributed by atoms with E-state index in [1.165, 1.54) is 0 Å². The Bertz CT molecular complexity index is 1270. The number of pyridine rings is 1. The minimum absolute atomic E-state index is 0.0807. The molecule has 0 aliphatic heterocycles. The number of tetrazole rings is 1. The number of aromatic amines is 1. The highest BCUT2D eigenvalue weighted by atomic mass is 16.3. The van der Waals surface area contributed by atoms with Gasteiger partial charge in [-0.1, -0.05) is 55.3 Å². The van der Waals surface area contributed by atoms with Crippen LogP contribution in [0, 0.1) is 6.92 Å². The van der Waals surface area contributed by atoms with Gasteiger partial charge in [-0.05, 0) is 59.3 Å². The van der Waals surface area contributed by atoms with Gasteiger partial charge in [0.05, 0.1) is 12.6 Å². The van der Waals surface area contributed by atoms with Crippen molar-refractivity contribution in [3.8, 4) is 0 Å². The van der Waals surface area contributed by atoms with Gasteiger partial charge in [-0.2, -0.15) is 0 Å². The number of hydrogen-bond donors (Lipinski definition) is 2. The number of benzene rings is 2. The van der Waals surface area contributed by atoms with Crippen molar-refractivity contribution in [2.75, 3.05) is 13.2 Å². The molecule has 2 aromatic heterocycles. The Hall–Kier alpha value is -3.36. The fourth-order valence-corrected chi connectivity index (χ4v) is 4.39. The maximum absolute atomic E-state index is 12.9. The van der Waals surface area contributed by atoms with E-state index in [1.54, 1.807) is 0 Å². The molecule has 0 unspecified atom stereocenters. The monoisotopic (exact) mass is 460 g/mol. The molecule has 0 radical (unpaired) electrons. The number of H-pyrrole nitrogens is 1. The van der Waals surface area contributed by atoms with E-state index in [0.29, 0.717) is 31.6 Å². The Labute approximate surface area is 199 Å². The lowest BCUT2D eigenvalue weighted by atomic mass is 10.1. The van der Waals surface area contributed by atoms with Gasteiger partial charge in [-0.3, -0.25) is 9.69 Å². The summed E-state index contributed by atoms with van der Waals surface area (Å²) in [7, 11) is 0. The quantitative estimate of drug-likeness (QED) is 0.355. The molecule has 0 aliphatic carbocycles. The molecule has 0 aliphatic rings. The molecule has 0 fully saturated rings. The summed E-state index contributed by atoms with van der Waals surface area (Å²) in [5.74, 6) is 0.775. The van der Waals surface area contributed by atoms with E-state index in [1.807, 2.05) is 48.0 Å². The number of rotatable bonds is 11. The average Bonchev–Trinajstić information content (AvgIpc) is 3.29. The van der Waals surface area contributed by atoms with Crippen molar-refractivity contribution in [3.63, 3.8) is 0 Å². The molecule has 2 heterocycles. The molecule has 0 saturated carbocycles. The van der Waals surface area contributed by atoms with E-state index >= 15 is 0 Å². The van der Waals surface area contributed by atoms with Crippen LogP contribution in [0.2, 0.25) is 0 Å². The third-order valence-electron chi connectivity index (χ3n) is 6.09. The van der Waals surface area contributed by atoms with Crippen molar-refractivity contribution in [2.45, 2.75) is 52.2 Å². The summed E-state index contributed by atoms with van der Waals surface area (Å²) >= 11 is 0. The van der Waals surface area contributed by atoms with Crippen LogP contribution in [0.4, 0.5) is 0 Å². The van der Waals surface area contributed by atoms with Gasteiger partial charge >= 0.3 is 0 Å². The molecule has 0 saturated heterocycles. The topological polar surface area (TPSA) is 99.9 Å². The van der Waals surface area contributed by atoms with Crippen molar-refractivity contribution >= 4 is 10.9 Å². The van der Waals surface area contributed by atoms with Crippen LogP contribution in [0.1, 0.15) is 54.7 Å². The predicted molar refractivity (Wildman–Crippen MR) is 132 cm³/mol. The fourth-order valence-electron chi connectivity index (χ4n) is 4.39. The van der Waals surface area contributed by atoms with Crippen molar-refractivity contribution in [1.29, 1.82) is 0 Å². The predicted octanol–water partition coefficient (Wildman–Crippen LogP) is 3.60. The number of nitrogens with zero attached hydrogens (tertiary/aromatic N) is 5. The first-order valence-corrected chi connectivity index (χ1v) is 11.9. The number of nitrogens with one attached hydrogen (secondary N) is 1. The van der Waals surface area contributed by atoms with E-state index in [-0.39, 0.29) is 18.2 Å². The lowest BCUT2D eigenvalue weighted by Crippen LogP contribution is -2.34. The average molecular weight is 461 g/mol. The first kappa shape index (κ1) is 23.8. The van der Waals surface area contributed by atoms with E-state index in [0.717, 1.165) is 40.7 Å². The highest BCUT2D eigenvalue weighted by molar-refractivity contribution is 5.79. The molecule has 4 rings (SSSR count). The number of aromatic nitrogens is 5. The molecule has 2 N–H and O–H groups in total. The van der Waals surface area contributed by atoms with Crippen LogP contribution >= 0.6 is 0 Å². The number of aryl methyl sites for hydroxylation is 1. The van der Waals surface area contributed by atoms with Gasteiger partial charge in [0.1, 0.15) is 0 Å². The summed E-state index contributed by atoms with van der Waals surface area (Å²) in [5, 5.41) is 23.2. The second kappa shape index (κ2) is 11.2. The first-order chi connectivity index (χ1) is 16.6. The van der Waals surface area contributed by atoms with Gasteiger partial charge in [-0.25, -0.2) is 4.68 Å². The summed E-state index contributed by atoms with van der Waals surface area (Å²) < 4.78 is 1.84. The lowest BCUT2D eigenvalue weighted by molar-refractivity contribution is 0.148. The second-order valence-electron chi connectivity index (χ2n) is 8.75. The van der Waals surface area contributed by atoms with Crippen LogP contribution in [0.25, 0.3) is 10.9 Å². The van der Waals surface area contributed by atoms with E-state index < -0.39 is 0 Å². The molecule has 0 amide bonds. The lowest BCUT2D eigenvalue weighted by Gasteiger charge is -2.30. The normalized spacial score (nSPS) is 12.5. The van der Waals surface area contributed by atoms with Crippen molar-refractivity contribution in [2.24, 2.45) is 0 Å². The third kappa shape index (κ3) is 5.58. The Morgan fingerprint density at radius 1 is 1.15 bits per heavy atom. The Kier molecular flexibility index (Phi) is 7.82. The molecule has 2 aromatic carbocycles. The minimum atomic E-state index is -0.0931. The third-order valence-corrected chi connectivity index (χ3v) is 6.09. The van der Waals surface area contributed by atoms with Gasteiger partial charge in [0.15, 0.2) is 5.82 Å². The van der Waals surface area contributed by atoms with Crippen molar-refractivity contribution in [1.82, 2.24) is 30.1 Å². The molecular weight excluding hydrogens is 428 g/mol. The van der Waals surface area contributed by atoms with Crippen LogP contribution in [0.5, 0.6) is 0 Å². The van der Waals surface area contributed by atoms with E-state index in [9.17, 15) is 9.90 Å². The first-order valence-electron chi connectivity index (χ1n) is 11.9. The number of hydrogen-bond acceptors (Lipinski definition) is 6. The van der Waals surface area contributed by atoms with E-state index in [2.05, 4.69) is 50.5 Å². The zero-order valence-corrected chi connectivity index (χ0v) is 19.8. The van der Waals surface area contributed by atoms with Crippen LogP contribution in [-0.4, -0.2) is 48.3 Å². The molecule has 0 spiro atoms. The minimum Gasteiger partial charge on any atom is -0.396 e. The van der Waals surface area contributed by atoms with Crippen molar-refractivity contribution in [3.05, 3.63) is 87.5 Å². The number of aliphatic hydroxyl groups is 1. The molecule has 8 heteroatoms. The smallest absolute Gasteiger partial charge is 0.252 e. The van der Waals surface area contributed by atoms with Crippen LogP contribution in [0.15, 0.2) is 59.4 Å². The Morgan fingerprint density at radius 2 is 1.97 bits per heavy atom. The van der Waals surface area contributed by atoms with Gasteiger partial charge in [0.25, 0.3) is 5.56 Å². The summed E-state index contributed by atoms with van der Waals surface area (Å²) in [6.07, 6.45) is 2.38. The maximum Gasteiger partial charge on any atom is 0.252 e. The molecule has 1 atom stereocenters. The molecule has 34 heavy (non-hydrogen) atoms. The Morgan fingerprint density at radius 3 is 2.74 bits per heavy atom. The zero-order valence-electron chi connectivity index (χ0n) is 19.8. The second-order valence-corrected chi connectivity index (χ2v) is 8.75. The summed E-state index contributed by atoms with van der Waals surface area (Å²) in [6, 6.07) is 18.0. The van der Waals surface area contributed by atoms with Gasteiger partial charge < -0.3 is 10.1 Å². The number of aliphatic hydroxyl groups excluding tert-OH is 1. The van der Waals surface area contributed by atoms with Gasteiger partial charge in [0.2, 0.25) is 0 Å². The summed E-state index contributed by atoms with van der Waals surface area (Å²) in [5.41, 5.74) is 3.70. The largest absolute Gasteiger partial charge is 0.396 e. The highest BCUT2D eigenvalue weighted by Gasteiger charge is 2.26. The highest BCUT2D eigenvalue weighted by Crippen LogP contribution is 2.26.